The molecule has 0 aromatic heterocycles. The van der Waals surface area contributed by atoms with Crippen molar-refractivity contribution in [2.45, 2.75) is 45.1 Å². The number of rotatable bonds is 4. The Morgan fingerprint density at radius 2 is 1.89 bits per heavy atom. The Labute approximate surface area is 111 Å². The number of carboxylic acid groups (broad SMARTS) is 2. The molecule has 0 radical (unpaired) electrons. The van der Waals surface area contributed by atoms with Crippen LogP contribution in [0.5, 0.6) is 0 Å². The molecule has 1 fully saturated rings. The molecule has 0 aromatic carbocycles. The normalized spacial score (nSPS) is 27.7. The highest BCUT2D eigenvalue weighted by molar-refractivity contribution is 5.93. The van der Waals surface area contributed by atoms with E-state index in [1.54, 1.807) is 6.92 Å². The number of carboxylic acids is 2. The predicted octanol–water partition coefficient (Wildman–Crippen LogP) is 1.59. The molecule has 2 atom stereocenters. The van der Waals surface area contributed by atoms with Gasteiger partial charge in [-0.1, -0.05) is 12.5 Å². The molecule has 0 spiro atoms. The minimum atomic E-state index is -1.95. The Balaban J connectivity index is 3.11. The maximum Gasteiger partial charge on any atom is 0.349 e. The van der Waals surface area contributed by atoms with Crippen molar-refractivity contribution in [3.63, 3.8) is 0 Å². The number of esters is 1. The summed E-state index contributed by atoms with van der Waals surface area (Å²) in [5.74, 6) is -4.62. The summed E-state index contributed by atoms with van der Waals surface area (Å²) >= 11 is 0. The van der Waals surface area contributed by atoms with Gasteiger partial charge in [-0.25, -0.2) is 9.59 Å². The molecule has 1 aliphatic rings. The minimum Gasteiger partial charge on any atom is -0.481 e. The van der Waals surface area contributed by atoms with E-state index in [0.29, 0.717) is 12.8 Å². The smallest absolute Gasteiger partial charge is 0.349 e. The van der Waals surface area contributed by atoms with E-state index in [4.69, 9.17) is 9.84 Å². The lowest BCUT2D eigenvalue weighted by Gasteiger charge is -2.37. The number of carbonyl (C=O) groups is 3. The van der Waals surface area contributed by atoms with E-state index in [2.05, 4.69) is 0 Å². The summed E-state index contributed by atoms with van der Waals surface area (Å²) in [6, 6.07) is 0. The zero-order chi connectivity index (χ0) is 14.6. The Morgan fingerprint density at radius 3 is 2.37 bits per heavy atom. The van der Waals surface area contributed by atoms with Crippen LogP contribution in [0.25, 0.3) is 0 Å². The van der Waals surface area contributed by atoms with Crippen molar-refractivity contribution in [1.82, 2.24) is 0 Å². The summed E-state index contributed by atoms with van der Waals surface area (Å²) < 4.78 is 5.08. The van der Waals surface area contributed by atoms with Gasteiger partial charge in [0, 0.05) is 5.57 Å². The molecule has 1 aliphatic carbocycles. The number of carbonyl (C=O) groups excluding carboxylic acids is 1. The molecule has 106 valence electrons. The van der Waals surface area contributed by atoms with E-state index >= 15 is 0 Å². The van der Waals surface area contributed by atoms with Gasteiger partial charge in [-0.2, -0.15) is 0 Å². The Bertz CT molecular complexity index is 425. The molecular formula is C13H18O6. The topological polar surface area (TPSA) is 101 Å². The van der Waals surface area contributed by atoms with Gasteiger partial charge in [-0.05, 0) is 33.1 Å². The van der Waals surface area contributed by atoms with E-state index in [9.17, 15) is 19.5 Å². The highest BCUT2D eigenvalue weighted by Gasteiger charge is 2.54. The third-order valence-electron chi connectivity index (χ3n) is 3.54. The average molecular weight is 270 g/mol. The van der Waals surface area contributed by atoms with Crippen molar-refractivity contribution in [2.75, 3.05) is 0 Å². The first-order valence-electron chi connectivity index (χ1n) is 6.17. The van der Waals surface area contributed by atoms with Gasteiger partial charge >= 0.3 is 17.9 Å². The fourth-order valence-electron chi connectivity index (χ4n) is 2.25. The van der Waals surface area contributed by atoms with Gasteiger partial charge in [0.15, 0.2) is 0 Å². The second-order valence-corrected chi connectivity index (χ2v) is 4.69. The molecule has 0 amide bonds. The quantitative estimate of drug-likeness (QED) is 0.594. The Morgan fingerprint density at radius 1 is 1.26 bits per heavy atom. The second kappa shape index (κ2) is 5.86. The number of allylic oxidation sites excluding steroid dienone is 1. The van der Waals surface area contributed by atoms with Crippen LogP contribution in [0.4, 0.5) is 0 Å². The van der Waals surface area contributed by atoms with Gasteiger partial charge in [0.05, 0.1) is 0 Å². The highest BCUT2D eigenvalue weighted by atomic mass is 16.6. The molecule has 1 saturated carbocycles. The van der Waals surface area contributed by atoms with E-state index in [1.165, 1.54) is 13.0 Å². The first kappa shape index (κ1) is 15.2. The van der Waals surface area contributed by atoms with Gasteiger partial charge < -0.3 is 14.9 Å². The van der Waals surface area contributed by atoms with E-state index in [1.807, 2.05) is 0 Å². The lowest BCUT2D eigenvalue weighted by molar-refractivity contribution is -0.193. The summed E-state index contributed by atoms with van der Waals surface area (Å²) in [7, 11) is 0. The first-order chi connectivity index (χ1) is 8.85. The Kier molecular flexibility index (Phi) is 4.69. The van der Waals surface area contributed by atoms with Crippen LogP contribution in [0, 0.1) is 5.92 Å². The molecule has 6 heteroatoms. The minimum absolute atomic E-state index is 0.0298. The summed E-state index contributed by atoms with van der Waals surface area (Å²) in [6.45, 7) is 3.12. The number of hydrogen-bond donors (Lipinski definition) is 2. The zero-order valence-electron chi connectivity index (χ0n) is 11.0. The van der Waals surface area contributed by atoms with Crippen LogP contribution >= 0.6 is 0 Å². The van der Waals surface area contributed by atoms with Crippen LogP contribution in [0.3, 0.4) is 0 Å². The van der Waals surface area contributed by atoms with E-state index in [0.717, 1.165) is 0 Å². The third-order valence-corrected chi connectivity index (χ3v) is 3.54. The number of aliphatic carboxylic acids is 2. The van der Waals surface area contributed by atoms with Crippen molar-refractivity contribution in [2.24, 2.45) is 5.92 Å². The van der Waals surface area contributed by atoms with E-state index in [-0.39, 0.29) is 18.4 Å². The zero-order valence-corrected chi connectivity index (χ0v) is 11.0. The Hall–Kier alpha value is -1.85. The van der Waals surface area contributed by atoms with Crippen LogP contribution in [-0.4, -0.2) is 33.7 Å². The van der Waals surface area contributed by atoms with Crippen LogP contribution < -0.4 is 0 Å². The van der Waals surface area contributed by atoms with E-state index < -0.39 is 29.4 Å². The largest absolute Gasteiger partial charge is 0.481 e. The van der Waals surface area contributed by atoms with Crippen molar-refractivity contribution < 1.29 is 29.3 Å². The molecule has 0 saturated heterocycles. The summed E-state index contributed by atoms with van der Waals surface area (Å²) in [5.41, 5.74) is -1.69. The first-order valence-corrected chi connectivity index (χ1v) is 6.17. The second-order valence-electron chi connectivity index (χ2n) is 4.69. The molecule has 2 unspecified atom stereocenters. The summed E-state index contributed by atoms with van der Waals surface area (Å²) in [6.07, 6.45) is 2.87. The van der Waals surface area contributed by atoms with Crippen LogP contribution in [-0.2, 0) is 19.1 Å². The molecule has 0 aromatic rings. The SMILES string of the molecule is CC=C(C)C(=O)OC1(C(=O)O)CCCCC1C(=O)O. The molecule has 0 bridgehead atoms. The fraction of sp³-hybridized carbons (Fsp3) is 0.615. The highest BCUT2D eigenvalue weighted by Crippen LogP contribution is 2.38. The maximum atomic E-state index is 11.8. The standard InChI is InChI=1S/C13H18O6/c1-3-8(2)11(16)19-13(12(17)18)7-5-4-6-9(13)10(14)15/h3,9H,4-7H2,1-2H3,(H,14,15)(H,17,18). The predicted molar refractivity (Wildman–Crippen MR) is 65.5 cm³/mol. The van der Waals surface area contributed by atoms with Crippen molar-refractivity contribution in [3.8, 4) is 0 Å². The summed E-state index contributed by atoms with van der Waals surface area (Å²) in [5, 5.41) is 18.5. The number of ether oxygens (including phenoxy) is 1. The van der Waals surface area contributed by atoms with Crippen molar-refractivity contribution in [1.29, 1.82) is 0 Å². The van der Waals surface area contributed by atoms with Gasteiger partial charge in [0.25, 0.3) is 0 Å². The lowest BCUT2D eigenvalue weighted by Crippen LogP contribution is -2.54. The van der Waals surface area contributed by atoms with Gasteiger partial charge in [-0.15, -0.1) is 0 Å². The number of hydrogen-bond acceptors (Lipinski definition) is 4. The molecule has 0 aliphatic heterocycles. The van der Waals surface area contributed by atoms with Crippen LogP contribution in [0.1, 0.15) is 39.5 Å². The molecule has 6 nitrogen and oxygen atoms in total. The average Bonchev–Trinajstić information content (AvgIpc) is 2.37. The van der Waals surface area contributed by atoms with Crippen molar-refractivity contribution in [3.05, 3.63) is 11.6 Å². The van der Waals surface area contributed by atoms with Crippen LogP contribution in [0.15, 0.2) is 11.6 Å². The maximum absolute atomic E-state index is 11.8. The van der Waals surface area contributed by atoms with Crippen molar-refractivity contribution >= 4 is 17.9 Å². The lowest BCUT2D eigenvalue weighted by atomic mass is 9.75. The summed E-state index contributed by atoms with van der Waals surface area (Å²) in [4.78, 5) is 34.5. The molecule has 2 N–H and O–H groups in total. The molecule has 1 rings (SSSR count). The monoisotopic (exact) mass is 270 g/mol. The van der Waals surface area contributed by atoms with Crippen LogP contribution in [0.2, 0.25) is 0 Å². The van der Waals surface area contributed by atoms with Gasteiger partial charge in [0.2, 0.25) is 5.60 Å². The van der Waals surface area contributed by atoms with Gasteiger partial charge in [-0.3, -0.25) is 4.79 Å². The third kappa shape index (κ3) is 2.94. The fourth-order valence-corrected chi connectivity index (χ4v) is 2.25. The molecule has 19 heavy (non-hydrogen) atoms. The molecule has 0 heterocycles. The molecular weight excluding hydrogens is 252 g/mol. The van der Waals surface area contributed by atoms with Gasteiger partial charge in [0.1, 0.15) is 5.92 Å².